The van der Waals surface area contributed by atoms with Crippen LogP contribution in [0.3, 0.4) is 0 Å². The van der Waals surface area contributed by atoms with Gasteiger partial charge in [-0.25, -0.2) is 0 Å². The number of nitrogens with zero attached hydrogens (tertiary/aromatic N) is 3. The van der Waals surface area contributed by atoms with Gasteiger partial charge in [0.15, 0.2) is 28.1 Å². The Morgan fingerprint density at radius 3 is 2.76 bits per heavy atom. The number of anilines is 1. The van der Waals surface area contributed by atoms with E-state index in [0.29, 0.717) is 45.2 Å². The Bertz CT molecular complexity index is 1720. The number of hydrogen-bond donors (Lipinski definition) is 2. The second-order valence-electron chi connectivity index (χ2n) is 9.77. The highest BCUT2D eigenvalue weighted by atomic mass is 32.2. The smallest absolute Gasteiger partial charge is 0.254 e. The SMILES string of the molecule is COc1cccc2cc(-c3nnc(SCC(=O)Nc4sc5c(c4C(=O)NCc4ccccc4)CCCC5)n3C)oc12. The van der Waals surface area contributed by atoms with Crippen LogP contribution in [0, 0.1) is 0 Å². The lowest BCUT2D eigenvalue weighted by Crippen LogP contribution is -2.25. The number of ether oxygens (including phenoxy) is 1. The first kappa shape index (κ1) is 27.1. The number of methoxy groups -OCH3 is 1. The largest absolute Gasteiger partial charge is 0.493 e. The maximum absolute atomic E-state index is 13.3. The van der Waals surface area contributed by atoms with Crippen molar-refractivity contribution in [3.05, 3.63) is 76.2 Å². The molecule has 5 aromatic rings. The molecule has 210 valence electrons. The first-order valence-corrected chi connectivity index (χ1v) is 15.2. The van der Waals surface area contributed by atoms with Crippen molar-refractivity contribution in [3.8, 4) is 17.3 Å². The summed E-state index contributed by atoms with van der Waals surface area (Å²) >= 11 is 2.79. The molecule has 1 aliphatic carbocycles. The molecule has 0 saturated heterocycles. The van der Waals surface area contributed by atoms with E-state index in [1.807, 2.05) is 61.6 Å². The average Bonchev–Trinajstić information content (AvgIpc) is 3.69. The monoisotopic (exact) mass is 587 g/mol. The van der Waals surface area contributed by atoms with Crippen LogP contribution >= 0.6 is 23.1 Å². The molecule has 3 aromatic heterocycles. The van der Waals surface area contributed by atoms with Crippen LogP contribution in [0.4, 0.5) is 5.00 Å². The van der Waals surface area contributed by atoms with Gasteiger partial charge in [0.2, 0.25) is 5.91 Å². The molecule has 2 aromatic carbocycles. The Hall–Kier alpha value is -4.09. The number of hydrogen-bond acceptors (Lipinski definition) is 8. The maximum atomic E-state index is 13.3. The fraction of sp³-hybridized carbons (Fsp3) is 0.267. The Labute approximate surface area is 245 Å². The number of carbonyl (C=O) groups is 2. The number of furan rings is 1. The van der Waals surface area contributed by atoms with Crippen LogP contribution in [0.25, 0.3) is 22.6 Å². The summed E-state index contributed by atoms with van der Waals surface area (Å²) in [6.45, 7) is 0.431. The quantitative estimate of drug-likeness (QED) is 0.209. The van der Waals surface area contributed by atoms with Crippen molar-refractivity contribution in [1.29, 1.82) is 0 Å². The average molecular weight is 588 g/mol. The lowest BCUT2D eigenvalue weighted by atomic mass is 9.95. The minimum atomic E-state index is -0.205. The molecule has 3 heterocycles. The van der Waals surface area contributed by atoms with Crippen LogP contribution < -0.4 is 15.4 Å². The zero-order valence-electron chi connectivity index (χ0n) is 22.7. The van der Waals surface area contributed by atoms with Crippen LogP contribution in [0.5, 0.6) is 5.75 Å². The van der Waals surface area contributed by atoms with E-state index in [9.17, 15) is 9.59 Å². The minimum absolute atomic E-state index is 0.119. The molecule has 11 heteroatoms. The van der Waals surface area contributed by atoms with Gasteiger partial charge >= 0.3 is 0 Å². The lowest BCUT2D eigenvalue weighted by Gasteiger charge is -2.13. The van der Waals surface area contributed by atoms with Gasteiger partial charge < -0.3 is 24.4 Å². The molecule has 0 fully saturated rings. The molecule has 0 radical (unpaired) electrons. The summed E-state index contributed by atoms with van der Waals surface area (Å²) in [5.41, 5.74) is 3.33. The van der Waals surface area contributed by atoms with Crippen molar-refractivity contribution in [2.75, 3.05) is 18.2 Å². The maximum Gasteiger partial charge on any atom is 0.254 e. The summed E-state index contributed by atoms with van der Waals surface area (Å²) in [4.78, 5) is 27.6. The van der Waals surface area contributed by atoms with Crippen molar-refractivity contribution in [2.24, 2.45) is 7.05 Å². The first-order chi connectivity index (χ1) is 20.0. The standard InChI is InChI=1S/C30H29N5O4S2/c1-35-27(22-15-19-11-8-13-21(38-2)26(19)39-22)33-34-30(35)40-17-24(36)32-29-25(20-12-6-7-14-23(20)41-29)28(37)31-16-18-9-4-3-5-10-18/h3-5,8-11,13,15H,6-7,12,14,16-17H2,1-2H3,(H,31,37)(H,32,36). The van der Waals surface area contributed by atoms with Gasteiger partial charge in [0.1, 0.15) is 5.00 Å². The molecule has 41 heavy (non-hydrogen) atoms. The third-order valence-corrected chi connectivity index (χ3v) is 9.29. The molecule has 0 aliphatic heterocycles. The predicted molar refractivity (Wildman–Crippen MR) is 161 cm³/mol. The molecule has 0 unspecified atom stereocenters. The van der Waals surface area contributed by atoms with E-state index < -0.39 is 0 Å². The number of nitrogens with one attached hydrogen (secondary N) is 2. The van der Waals surface area contributed by atoms with Crippen molar-refractivity contribution in [1.82, 2.24) is 20.1 Å². The van der Waals surface area contributed by atoms with Crippen molar-refractivity contribution >= 4 is 50.9 Å². The summed E-state index contributed by atoms with van der Waals surface area (Å²) in [6, 6.07) is 17.4. The molecule has 1 aliphatic rings. The molecule has 9 nitrogen and oxygen atoms in total. The Morgan fingerprint density at radius 1 is 1.10 bits per heavy atom. The Kier molecular flexibility index (Phi) is 7.80. The van der Waals surface area contributed by atoms with Crippen molar-refractivity contribution < 1.29 is 18.7 Å². The van der Waals surface area contributed by atoms with Gasteiger partial charge in [-0.15, -0.1) is 21.5 Å². The number of para-hydroxylation sites is 1. The summed E-state index contributed by atoms with van der Waals surface area (Å²) in [5, 5.41) is 16.7. The highest BCUT2D eigenvalue weighted by Crippen LogP contribution is 2.38. The van der Waals surface area contributed by atoms with E-state index in [2.05, 4.69) is 20.8 Å². The highest BCUT2D eigenvalue weighted by molar-refractivity contribution is 7.99. The Morgan fingerprint density at radius 2 is 1.93 bits per heavy atom. The van der Waals surface area contributed by atoms with Crippen LogP contribution in [0.15, 0.2) is 64.2 Å². The van der Waals surface area contributed by atoms with Gasteiger partial charge in [0.05, 0.1) is 18.4 Å². The number of thioether (sulfide) groups is 1. The number of aromatic nitrogens is 3. The lowest BCUT2D eigenvalue weighted by molar-refractivity contribution is -0.113. The zero-order chi connectivity index (χ0) is 28.3. The summed E-state index contributed by atoms with van der Waals surface area (Å²) in [5.74, 6) is 1.51. The Balaban J connectivity index is 1.15. The van der Waals surface area contributed by atoms with Crippen LogP contribution in [-0.2, 0) is 31.2 Å². The first-order valence-electron chi connectivity index (χ1n) is 13.4. The molecular weight excluding hydrogens is 558 g/mol. The molecule has 0 saturated carbocycles. The molecule has 0 atom stereocenters. The van der Waals surface area contributed by atoms with E-state index >= 15 is 0 Å². The van der Waals surface area contributed by atoms with Gasteiger partial charge in [-0.2, -0.15) is 0 Å². The van der Waals surface area contributed by atoms with Gasteiger partial charge in [0, 0.05) is 23.9 Å². The van der Waals surface area contributed by atoms with Crippen molar-refractivity contribution in [2.45, 2.75) is 37.4 Å². The second kappa shape index (κ2) is 11.8. The summed E-state index contributed by atoms with van der Waals surface area (Å²) < 4.78 is 13.2. The van der Waals surface area contributed by atoms with Gasteiger partial charge in [0.25, 0.3) is 5.91 Å². The molecule has 0 spiro atoms. The third kappa shape index (κ3) is 5.59. The summed E-state index contributed by atoms with van der Waals surface area (Å²) in [7, 11) is 3.44. The minimum Gasteiger partial charge on any atom is -0.493 e. The van der Waals surface area contributed by atoms with Gasteiger partial charge in [-0.05, 0) is 48.9 Å². The number of thiophene rings is 1. The van der Waals surface area contributed by atoms with Crippen LogP contribution in [-0.4, -0.2) is 39.4 Å². The van der Waals surface area contributed by atoms with E-state index in [1.165, 1.54) is 28.0 Å². The fourth-order valence-electron chi connectivity index (χ4n) is 5.02. The van der Waals surface area contributed by atoms with Crippen molar-refractivity contribution in [3.63, 3.8) is 0 Å². The van der Waals surface area contributed by atoms with E-state index in [-0.39, 0.29) is 17.6 Å². The molecular formula is C30H29N5O4S2. The number of amides is 2. The van der Waals surface area contributed by atoms with E-state index in [0.717, 1.165) is 42.2 Å². The number of aryl methyl sites for hydroxylation is 1. The summed E-state index contributed by atoms with van der Waals surface area (Å²) in [6.07, 6.45) is 3.91. The normalized spacial score (nSPS) is 12.7. The van der Waals surface area contributed by atoms with E-state index in [4.69, 9.17) is 9.15 Å². The number of rotatable bonds is 9. The van der Waals surface area contributed by atoms with Gasteiger partial charge in [-0.3, -0.25) is 9.59 Å². The van der Waals surface area contributed by atoms with Crippen LogP contribution in [0.1, 0.15) is 39.2 Å². The zero-order valence-corrected chi connectivity index (χ0v) is 24.4. The number of benzene rings is 2. The highest BCUT2D eigenvalue weighted by Gasteiger charge is 2.26. The predicted octanol–water partition coefficient (Wildman–Crippen LogP) is 5.84. The fourth-order valence-corrected chi connectivity index (χ4v) is 7.03. The van der Waals surface area contributed by atoms with E-state index in [1.54, 1.807) is 11.7 Å². The topological polar surface area (TPSA) is 111 Å². The number of carbonyl (C=O) groups excluding carboxylic acids is 2. The third-order valence-electron chi connectivity index (χ3n) is 7.06. The van der Waals surface area contributed by atoms with Gasteiger partial charge in [-0.1, -0.05) is 54.2 Å². The molecule has 6 rings (SSSR count). The van der Waals surface area contributed by atoms with Crippen LogP contribution in [0.2, 0.25) is 0 Å². The molecule has 2 N–H and O–H groups in total. The second-order valence-corrected chi connectivity index (χ2v) is 11.8. The molecule has 2 amide bonds. The molecule has 0 bridgehead atoms. The number of fused-ring (bicyclic) bond motifs is 2.